The van der Waals surface area contributed by atoms with Crippen LogP contribution in [0.3, 0.4) is 0 Å². The number of hydrogen-bond acceptors (Lipinski definition) is 5. The maximum Gasteiger partial charge on any atom is 0.250 e. The lowest BCUT2D eigenvalue weighted by atomic mass is 10.0. The van der Waals surface area contributed by atoms with E-state index >= 15 is 0 Å². The highest BCUT2D eigenvalue weighted by atomic mass is 16.5. The Morgan fingerprint density at radius 1 is 1.37 bits per heavy atom. The molecule has 2 aliphatic rings. The Morgan fingerprint density at radius 2 is 2.22 bits per heavy atom. The van der Waals surface area contributed by atoms with Gasteiger partial charge in [0.25, 0.3) is 5.91 Å². The number of carbonyl (C=O) groups is 1. The summed E-state index contributed by atoms with van der Waals surface area (Å²) in [5.41, 5.74) is 1.48. The van der Waals surface area contributed by atoms with Crippen molar-refractivity contribution < 1.29 is 14.3 Å². The zero-order valence-corrected chi connectivity index (χ0v) is 15.9. The lowest BCUT2D eigenvalue weighted by molar-refractivity contribution is -0.118. The first-order chi connectivity index (χ1) is 13.1. The Labute approximate surface area is 158 Å². The van der Waals surface area contributed by atoms with Gasteiger partial charge in [-0.15, -0.1) is 10.2 Å². The van der Waals surface area contributed by atoms with Crippen LogP contribution >= 0.6 is 0 Å². The molecule has 142 valence electrons. The molecule has 7 nitrogen and oxygen atoms in total. The number of hydrogen-bond donors (Lipinski definition) is 1. The van der Waals surface area contributed by atoms with Gasteiger partial charge in [0.15, 0.2) is 11.5 Å². The molecule has 1 unspecified atom stereocenters. The number of nitrogens with one attached hydrogen (secondary N) is 1. The summed E-state index contributed by atoms with van der Waals surface area (Å²) in [6.45, 7) is 5.16. The molecular formula is C20H24N4O3. The third-order valence-corrected chi connectivity index (χ3v) is 5.05. The van der Waals surface area contributed by atoms with Crippen LogP contribution in [0, 0.1) is 0 Å². The van der Waals surface area contributed by atoms with E-state index in [0.29, 0.717) is 29.5 Å². The van der Waals surface area contributed by atoms with Crippen LogP contribution < -0.4 is 14.8 Å². The number of amides is 1. The minimum absolute atomic E-state index is 0.0612. The largest absolute Gasteiger partial charge is 0.493 e. The fourth-order valence-electron chi connectivity index (χ4n) is 3.64. The van der Waals surface area contributed by atoms with E-state index in [-0.39, 0.29) is 18.6 Å². The Morgan fingerprint density at radius 3 is 3.00 bits per heavy atom. The highest BCUT2D eigenvalue weighted by Gasteiger charge is 2.27. The highest BCUT2D eigenvalue weighted by molar-refractivity contribution is 5.99. The summed E-state index contributed by atoms with van der Waals surface area (Å²) in [7, 11) is 1.61. The lowest BCUT2D eigenvalue weighted by Crippen LogP contribution is -2.42. The van der Waals surface area contributed by atoms with E-state index < -0.39 is 0 Å². The minimum atomic E-state index is -0.0870. The van der Waals surface area contributed by atoms with Gasteiger partial charge in [0.2, 0.25) is 0 Å². The number of aryl methyl sites for hydroxylation is 1. The van der Waals surface area contributed by atoms with Crippen LogP contribution in [0.5, 0.6) is 11.5 Å². The number of para-hydroxylation sites is 1. The number of methoxy groups -OCH3 is 1. The number of nitrogens with zero attached hydrogens (tertiary/aromatic N) is 3. The molecule has 1 aromatic heterocycles. The van der Waals surface area contributed by atoms with Gasteiger partial charge in [0.05, 0.1) is 12.7 Å². The Kier molecular flexibility index (Phi) is 4.59. The lowest BCUT2D eigenvalue weighted by Gasteiger charge is -2.27. The Bertz CT molecular complexity index is 901. The van der Waals surface area contributed by atoms with Crippen LogP contribution in [0.4, 0.5) is 0 Å². The third-order valence-electron chi connectivity index (χ3n) is 5.05. The highest BCUT2D eigenvalue weighted by Crippen LogP contribution is 2.35. The first kappa shape index (κ1) is 17.6. The SMILES string of the molecule is COc1cccc2c1OCC(C(=O)NC1CCc3nnc(C(C)C)n3C1)=C2. The molecule has 7 heteroatoms. The molecule has 2 aromatic rings. The molecule has 0 fully saturated rings. The molecule has 0 aliphatic carbocycles. The van der Waals surface area contributed by atoms with Crippen molar-refractivity contribution in [2.45, 2.75) is 45.2 Å². The van der Waals surface area contributed by atoms with Crippen molar-refractivity contribution in [1.29, 1.82) is 0 Å². The Balaban J connectivity index is 1.48. The topological polar surface area (TPSA) is 78.3 Å². The van der Waals surface area contributed by atoms with Gasteiger partial charge in [-0.3, -0.25) is 4.79 Å². The van der Waals surface area contributed by atoms with Crippen molar-refractivity contribution in [2.24, 2.45) is 0 Å². The fraction of sp³-hybridized carbons (Fsp3) is 0.450. The van der Waals surface area contributed by atoms with E-state index in [1.807, 2.05) is 24.3 Å². The summed E-state index contributed by atoms with van der Waals surface area (Å²) in [6.07, 6.45) is 3.56. The minimum Gasteiger partial charge on any atom is -0.493 e. The standard InChI is InChI=1S/C20H24N4O3/c1-12(2)19-23-22-17-8-7-15(10-24(17)19)21-20(25)14-9-13-5-4-6-16(26-3)18(13)27-11-14/h4-6,9,12,15H,7-8,10-11H2,1-3H3,(H,21,25). The van der Waals surface area contributed by atoms with Gasteiger partial charge in [-0.05, 0) is 18.6 Å². The van der Waals surface area contributed by atoms with Gasteiger partial charge >= 0.3 is 0 Å². The molecule has 0 bridgehead atoms. The first-order valence-electron chi connectivity index (χ1n) is 9.30. The molecule has 2 aliphatic heterocycles. The van der Waals surface area contributed by atoms with E-state index in [1.165, 1.54) is 0 Å². The van der Waals surface area contributed by atoms with Crippen LogP contribution in [0.25, 0.3) is 6.08 Å². The average Bonchev–Trinajstić information content (AvgIpc) is 3.10. The number of carbonyl (C=O) groups excluding carboxylic acids is 1. The Hall–Kier alpha value is -2.83. The molecule has 27 heavy (non-hydrogen) atoms. The van der Waals surface area contributed by atoms with Crippen LogP contribution in [-0.2, 0) is 17.8 Å². The monoisotopic (exact) mass is 368 g/mol. The van der Waals surface area contributed by atoms with Gasteiger partial charge in [0, 0.05) is 30.5 Å². The summed E-state index contributed by atoms with van der Waals surface area (Å²) in [4.78, 5) is 12.8. The van der Waals surface area contributed by atoms with Crippen LogP contribution in [0.2, 0.25) is 0 Å². The molecular weight excluding hydrogens is 344 g/mol. The van der Waals surface area contributed by atoms with Gasteiger partial charge in [-0.2, -0.15) is 0 Å². The van der Waals surface area contributed by atoms with Crippen LogP contribution in [0.15, 0.2) is 23.8 Å². The zero-order valence-electron chi connectivity index (χ0n) is 15.9. The summed E-state index contributed by atoms with van der Waals surface area (Å²) < 4.78 is 13.2. The van der Waals surface area contributed by atoms with Crippen molar-refractivity contribution in [3.63, 3.8) is 0 Å². The summed E-state index contributed by atoms with van der Waals surface area (Å²) >= 11 is 0. The molecule has 4 rings (SSSR count). The molecule has 0 spiro atoms. The second-order valence-electron chi connectivity index (χ2n) is 7.29. The quantitative estimate of drug-likeness (QED) is 0.896. The van der Waals surface area contributed by atoms with Crippen molar-refractivity contribution >= 4 is 12.0 Å². The number of rotatable bonds is 4. The van der Waals surface area contributed by atoms with Gasteiger partial charge < -0.3 is 19.4 Å². The smallest absolute Gasteiger partial charge is 0.250 e. The maximum atomic E-state index is 12.8. The van der Waals surface area contributed by atoms with E-state index in [1.54, 1.807) is 7.11 Å². The van der Waals surface area contributed by atoms with Crippen molar-refractivity contribution in [2.75, 3.05) is 13.7 Å². The van der Waals surface area contributed by atoms with Crippen LogP contribution in [-0.4, -0.2) is 40.4 Å². The number of ether oxygens (including phenoxy) is 2. The predicted molar refractivity (Wildman–Crippen MR) is 101 cm³/mol. The third kappa shape index (κ3) is 3.29. The number of benzene rings is 1. The first-order valence-corrected chi connectivity index (χ1v) is 9.30. The molecule has 3 heterocycles. The van der Waals surface area contributed by atoms with Crippen molar-refractivity contribution in [3.05, 3.63) is 41.0 Å². The summed E-state index contributed by atoms with van der Waals surface area (Å²) in [6, 6.07) is 5.72. The number of aromatic nitrogens is 3. The second-order valence-corrected chi connectivity index (χ2v) is 7.29. The molecule has 1 aromatic carbocycles. The molecule has 0 radical (unpaired) electrons. The fourth-order valence-corrected chi connectivity index (χ4v) is 3.64. The summed E-state index contributed by atoms with van der Waals surface area (Å²) in [5, 5.41) is 11.7. The molecule has 0 saturated heterocycles. The zero-order chi connectivity index (χ0) is 19.0. The molecule has 1 atom stereocenters. The van der Waals surface area contributed by atoms with Crippen molar-refractivity contribution in [3.8, 4) is 11.5 Å². The van der Waals surface area contributed by atoms with E-state index in [2.05, 4.69) is 33.9 Å². The second kappa shape index (κ2) is 7.06. The molecule has 1 N–H and O–H groups in total. The normalized spacial score (nSPS) is 18.2. The van der Waals surface area contributed by atoms with E-state index in [0.717, 1.165) is 30.1 Å². The molecule has 1 amide bonds. The average molecular weight is 368 g/mol. The van der Waals surface area contributed by atoms with Gasteiger partial charge in [0.1, 0.15) is 18.3 Å². The summed E-state index contributed by atoms with van der Waals surface area (Å²) in [5.74, 6) is 3.56. The van der Waals surface area contributed by atoms with Crippen molar-refractivity contribution in [1.82, 2.24) is 20.1 Å². The maximum absolute atomic E-state index is 12.8. The number of fused-ring (bicyclic) bond motifs is 2. The van der Waals surface area contributed by atoms with Gasteiger partial charge in [-0.1, -0.05) is 26.0 Å². The predicted octanol–water partition coefficient (Wildman–Crippen LogP) is 2.32. The van der Waals surface area contributed by atoms with E-state index in [9.17, 15) is 4.79 Å². The van der Waals surface area contributed by atoms with Gasteiger partial charge in [-0.25, -0.2) is 0 Å². The van der Waals surface area contributed by atoms with E-state index in [4.69, 9.17) is 9.47 Å². The van der Waals surface area contributed by atoms with Crippen LogP contribution in [0.1, 0.15) is 43.4 Å². The molecule has 0 saturated carbocycles.